The molecule has 1 N–H and O–H groups in total. The predicted octanol–water partition coefficient (Wildman–Crippen LogP) is 3.07. The van der Waals surface area contributed by atoms with Crippen LogP contribution in [0, 0.1) is 0 Å². The molecule has 0 bridgehead atoms. The highest BCUT2D eigenvalue weighted by Gasteiger charge is 2.38. The fraction of sp³-hybridized carbons (Fsp3) is 0.368. The second-order valence-corrected chi connectivity index (χ2v) is 5.68. The number of benzene rings is 1. The van der Waals surface area contributed by atoms with E-state index in [0.29, 0.717) is 25.9 Å². The number of rotatable bonds is 8. The third kappa shape index (κ3) is 3.50. The van der Waals surface area contributed by atoms with Crippen molar-refractivity contribution in [3.63, 3.8) is 0 Å². The Morgan fingerprint density at radius 3 is 2.38 bits per heavy atom. The molecule has 0 saturated carbocycles. The van der Waals surface area contributed by atoms with Gasteiger partial charge < -0.3 is 9.84 Å². The van der Waals surface area contributed by atoms with E-state index in [0.717, 1.165) is 5.56 Å². The highest BCUT2D eigenvalue weighted by Crippen LogP contribution is 2.24. The lowest BCUT2D eigenvalue weighted by Gasteiger charge is -2.29. The smallest absolute Gasteiger partial charge is 0.329 e. The van der Waals surface area contributed by atoms with Crippen LogP contribution in [0.15, 0.2) is 53.5 Å². The Kier molecular flexibility index (Phi) is 5.79. The van der Waals surface area contributed by atoms with E-state index in [1.165, 1.54) is 10.8 Å². The Hall–Kier alpha value is -2.56. The predicted molar refractivity (Wildman–Crippen MR) is 92.5 cm³/mol. The van der Waals surface area contributed by atoms with E-state index < -0.39 is 17.1 Å². The number of nitrogens with zero attached hydrogens (tertiary/aromatic N) is 1. The number of hydrogen-bond acceptors (Lipinski definition) is 3. The Morgan fingerprint density at radius 2 is 1.79 bits per heavy atom. The summed E-state index contributed by atoms with van der Waals surface area (Å²) in [6.45, 7) is 3.90. The average molecular weight is 329 g/mol. The van der Waals surface area contributed by atoms with Crippen LogP contribution < -0.4 is 10.3 Å². The van der Waals surface area contributed by atoms with Crippen molar-refractivity contribution in [2.24, 2.45) is 0 Å². The van der Waals surface area contributed by atoms with Crippen LogP contribution in [-0.2, 0) is 16.8 Å². The van der Waals surface area contributed by atoms with E-state index in [1.54, 1.807) is 26.0 Å². The molecule has 0 atom stereocenters. The molecule has 5 nitrogen and oxygen atoms in total. The first-order valence-electron chi connectivity index (χ1n) is 8.17. The average Bonchev–Trinajstić information content (AvgIpc) is 2.60. The molecule has 1 aromatic heterocycles. The van der Waals surface area contributed by atoms with Gasteiger partial charge in [-0.25, -0.2) is 4.79 Å². The molecular formula is C19H23NO4. The second kappa shape index (κ2) is 7.81. The molecule has 1 aromatic carbocycles. The summed E-state index contributed by atoms with van der Waals surface area (Å²) in [6, 6.07) is 13.1. The number of hydrogen-bond donors (Lipinski definition) is 1. The molecule has 0 amide bonds. The topological polar surface area (TPSA) is 68.5 Å². The van der Waals surface area contributed by atoms with E-state index >= 15 is 0 Å². The lowest BCUT2D eigenvalue weighted by molar-refractivity contribution is -0.148. The first-order valence-corrected chi connectivity index (χ1v) is 8.17. The van der Waals surface area contributed by atoms with Gasteiger partial charge in [0, 0.05) is 12.6 Å². The highest BCUT2D eigenvalue weighted by atomic mass is 16.5. The summed E-state index contributed by atoms with van der Waals surface area (Å²) < 4.78 is 6.90. The molecule has 2 rings (SSSR count). The van der Waals surface area contributed by atoms with Crippen LogP contribution >= 0.6 is 0 Å². The minimum Gasteiger partial charge on any atom is -0.488 e. The van der Waals surface area contributed by atoms with E-state index in [9.17, 15) is 14.7 Å². The zero-order chi connectivity index (χ0) is 17.6. The molecule has 0 spiro atoms. The fourth-order valence-electron chi connectivity index (χ4n) is 2.84. The zero-order valence-electron chi connectivity index (χ0n) is 14.1. The van der Waals surface area contributed by atoms with Crippen LogP contribution in [0.25, 0.3) is 0 Å². The molecule has 0 aliphatic carbocycles. The number of carbonyl (C=O) groups is 1. The molecule has 0 fully saturated rings. The third-order valence-corrected chi connectivity index (χ3v) is 4.43. The maximum atomic E-state index is 12.7. The van der Waals surface area contributed by atoms with Gasteiger partial charge in [0.25, 0.3) is 5.56 Å². The lowest BCUT2D eigenvalue weighted by atomic mass is 9.92. The largest absolute Gasteiger partial charge is 0.488 e. The quantitative estimate of drug-likeness (QED) is 0.808. The molecule has 128 valence electrons. The van der Waals surface area contributed by atoms with Crippen molar-refractivity contribution in [2.75, 3.05) is 6.61 Å². The molecule has 0 radical (unpaired) electrons. The van der Waals surface area contributed by atoms with Crippen LogP contribution in [0.3, 0.4) is 0 Å². The highest BCUT2D eigenvalue weighted by molar-refractivity contribution is 5.76. The fourth-order valence-corrected chi connectivity index (χ4v) is 2.84. The summed E-state index contributed by atoms with van der Waals surface area (Å²) in [5.74, 6) is -0.822. The SMILES string of the molecule is CCC(CC)(C(=O)O)n1cccc(OCCc2ccccc2)c1=O. The number of ether oxygens (including phenoxy) is 1. The van der Waals surface area contributed by atoms with E-state index in [4.69, 9.17) is 4.74 Å². The molecule has 2 aromatic rings. The van der Waals surface area contributed by atoms with Crippen molar-refractivity contribution in [3.05, 3.63) is 64.6 Å². The van der Waals surface area contributed by atoms with Crippen LogP contribution in [0.2, 0.25) is 0 Å². The van der Waals surface area contributed by atoms with Gasteiger partial charge in [0.05, 0.1) is 6.61 Å². The van der Waals surface area contributed by atoms with Gasteiger partial charge in [-0.15, -0.1) is 0 Å². The zero-order valence-corrected chi connectivity index (χ0v) is 14.1. The third-order valence-electron chi connectivity index (χ3n) is 4.43. The number of carboxylic acids is 1. The van der Waals surface area contributed by atoms with Crippen LogP contribution in [0.1, 0.15) is 32.3 Å². The molecule has 24 heavy (non-hydrogen) atoms. The second-order valence-electron chi connectivity index (χ2n) is 5.68. The van der Waals surface area contributed by atoms with E-state index in [1.807, 2.05) is 30.3 Å². The Bertz CT molecular complexity index is 733. The van der Waals surface area contributed by atoms with Gasteiger partial charge in [-0.1, -0.05) is 44.2 Å². The molecule has 1 heterocycles. The van der Waals surface area contributed by atoms with Gasteiger partial charge in [0.2, 0.25) is 0 Å². The Morgan fingerprint density at radius 1 is 1.12 bits per heavy atom. The van der Waals surface area contributed by atoms with Gasteiger partial charge in [0.15, 0.2) is 5.75 Å². The minimum absolute atomic E-state index is 0.181. The van der Waals surface area contributed by atoms with Crippen LogP contribution in [-0.4, -0.2) is 22.2 Å². The minimum atomic E-state index is -1.24. The molecule has 0 unspecified atom stereocenters. The molecule has 0 aliphatic rings. The van der Waals surface area contributed by atoms with Crippen LogP contribution in [0.4, 0.5) is 0 Å². The Balaban J connectivity index is 2.21. The normalized spacial score (nSPS) is 11.2. The Labute approximate surface area is 141 Å². The van der Waals surface area contributed by atoms with Crippen molar-refractivity contribution in [3.8, 4) is 5.75 Å². The van der Waals surface area contributed by atoms with Gasteiger partial charge in [0.1, 0.15) is 5.54 Å². The number of pyridine rings is 1. The van der Waals surface area contributed by atoms with Crippen molar-refractivity contribution >= 4 is 5.97 Å². The van der Waals surface area contributed by atoms with Crippen molar-refractivity contribution in [2.45, 2.75) is 38.6 Å². The molecule has 5 heteroatoms. The molecule has 0 saturated heterocycles. The summed E-state index contributed by atoms with van der Waals surface area (Å²) in [5.41, 5.74) is -0.525. The maximum Gasteiger partial charge on any atom is 0.329 e. The van der Waals surface area contributed by atoms with E-state index in [2.05, 4.69) is 0 Å². The van der Waals surface area contributed by atoms with Crippen molar-refractivity contribution < 1.29 is 14.6 Å². The number of aromatic nitrogens is 1. The summed E-state index contributed by atoms with van der Waals surface area (Å²) in [6.07, 6.45) is 2.85. The van der Waals surface area contributed by atoms with Gasteiger partial charge in [-0.05, 0) is 30.5 Å². The first-order chi connectivity index (χ1) is 11.5. The van der Waals surface area contributed by atoms with Crippen LogP contribution in [0.5, 0.6) is 5.75 Å². The van der Waals surface area contributed by atoms with Gasteiger partial charge in [-0.3, -0.25) is 9.36 Å². The van der Waals surface area contributed by atoms with Crippen molar-refractivity contribution in [1.29, 1.82) is 0 Å². The summed E-state index contributed by atoms with van der Waals surface area (Å²) >= 11 is 0. The van der Waals surface area contributed by atoms with Gasteiger partial charge >= 0.3 is 5.97 Å². The number of carboxylic acid groups (broad SMARTS) is 1. The standard InChI is InChI=1S/C19H23NO4/c1-3-19(4-2,18(22)23)20-13-8-11-16(17(20)21)24-14-12-15-9-6-5-7-10-15/h5-11,13H,3-4,12,14H2,1-2H3,(H,22,23). The summed E-state index contributed by atoms with van der Waals surface area (Å²) in [4.78, 5) is 24.4. The summed E-state index contributed by atoms with van der Waals surface area (Å²) in [7, 11) is 0. The molecular weight excluding hydrogens is 306 g/mol. The lowest BCUT2D eigenvalue weighted by Crippen LogP contribution is -2.46. The van der Waals surface area contributed by atoms with Gasteiger partial charge in [-0.2, -0.15) is 0 Å². The number of aliphatic carboxylic acids is 1. The maximum absolute atomic E-state index is 12.7. The van der Waals surface area contributed by atoms with Crippen molar-refractivity contribution in [1.82, 2.24) is 4.57 Å². The summed E-state index contributed by atoms with van der Waals surface area (Å²) in [5, 5.41) is 9.62. The molecule has 0 aliphatic heterocycles. The first kappa shape index (κ1) is 17.8. The monoisotopic (exact) mass is 329 g/mol. The van der Waals surface area contributed by atoms with E-state index in [-0.39, 0.29) is 5.75 Å².